The minimum Gasteiger partial charge on any atom is -0.464 e. The number of hydrogen-bond acceptors (Lipinski definition) is 6. The Morgan fingerprint density at radius 3 is 2.46 bits per heavy atom. The Bertz CT molecular complexity index is 874. The minimum atomic E-state index is -0.791. The van der Waals surface area contributed by atoms with Crippen LogP contribution in [0.25, 0.3) is 0 Å². The zero-order valence-corrected chi connectivity index (χ0v) is 17.0. The maximum atomic E-state index is 12.7. The fourth-order valence-corrected chi connectivity index (χ4v) is 3.68. The number of rotatable bonds is 5. The smallest absolute Gasteiger partial charge is 0.333 e. The molecule has 1 amide bonds. The first-order valence-electron chi connectivity index (χ1n) is 8.74. The number of carbonyl (C=O) groups excluding carboxylic acids is 2. The number of ether oxygens (including phenoxy) is 1. The maximum absolute atomic E-state index is 12.7. The van der Waals surface area contributed by atoms with Crippen LogP contribution in [0.3, 0.4) is 0 Å². The van der Waals surface area contributed by atoms with Gasteiger partial charge >= 0.3 is 5.97 Å². The van der Waals surface area contributed by atoms with Gasteiger partial charge in [0.05, 0.1) is 6.61 Å². The summed E-state index contributed by atoms with van der Waals surface area (Å²) in [4.78, 5) is 31.8. The molecule has 2 unspecified atom stereocenters. The van der Waals surface area contributed by atoms with E-state index in [1.165, 1.54) is 11.8 Å². The predicted molar refractivity (Wildman–Crippen MR) is 113 cm³/mol. The van der Waals surface area contributed by atoms with Gasteiger partial charge in [0.15, 0.2) is 17.4 Å². The highest BCUT2D eigenvalue weighted by Crippen LogP contribution is 2.29. The molecule has 0 fully saturated rings. The van der Waals surface area contributed by atoms with Crippen LogP contribution in [0, 0.1) is 0 Å². The zero-order chi connectivity index (χ0) is 20.1. The number of nitrogens with one attached hydrogen (secondary N) is 1. The second-order valence-corrected chi connectivity index (χ2v) is 7.15. The Morgan fingerprint density at radius 1 is 1.18 bits per heavy atom. The molecule has 0 spiro atoms. The van der Waals surface area contributed by atoms with E-state index in [4.69, 9.17) is 16.3 Å². The number of nitrogens with zero attached hydrogens (tertiary/aromatic N) is 2. The number of amidine groups is 1. The molecule has 0 saturated carbocycles. The molecule has 2 aromatic carbocycles. The second-order valence-electron chi connectivity index (χ2n) is 5.94. The molecule has 2 aromatic rings. The number of thioether (sulfide) groups is 1. The molecule has 1 aliphatic rings. The number of amides is 1. The van der Waals surface area contributed by atoms with Crippen LogP contribution in [-0.2, 0) is 9.53 Å². The van der Waals surface area contributed by atoms with Crippen molar-refractivity contribution in [1.82, 2.24) is 5.32 Å². The van der Waals surface area contributed by atoms with Gasteiger partial charge in [-0.25, -0.2) is 9.79 Å². The van der Waals surface area contributed by atoms with E-state index in [2.05, 4.69) is 10.3 Å². The normalized spacial score (nSPS) is 18.5. The average Bonchev–Trinajstić information content (AvgIpc) is 3.07. The highest BCUT2D eigenvalue weighted by atomic mass is 35.5. The third-order valence-corrected chi connectivity index (χ3v) is 5.08. The molecule has 0 saturated heterocycles. The van der Waals surface area contributed by atoms with E-state index < -0.39 is 18.2 Å². The van der Waals surface area contributed by atoms with Crippen molar-refractivity contribution in [3.63, 3.8) is 0 Å². The molecule has 0 aliphatic carbocycles. The number of halogens is 1. The van der Waals surface area contributed by atoms with Gasteiger partial charge in [0, 0.05) is 16.3 Å². The van der Waals surface area contributed by atoms with Gasteiger partial charge in [0.2, 0.25) is 0 Å². The number of aliphatic imine (C=N–C) groups is 1. The lowest BCUT2D eigenvalue weighted by molar-refractivity contribution is -0.144. The van der Waals surface area contributed by atoms with Gasteiger partial charge in [-0.1, -0.05) is 41.6 Å². The summed E-state index contributed by atoms with van der Waals surface area (Å²) < 4.78 is 5.27. The number of carbonyl (C=O) groups is 2. The third-order valence-electron chi connectivity index (χ3n) is 4.16. The van der Waals surface area contributed by atoms with Crippen LogP contribution >= 0.6 is 23.4 Å². The van der Waals surface area contributed by atoms with E-state index >= 15 is 0 Å². The molecule has 3 rings (SSSR count). The number of para-hydroxylation sites is 1. The monoisotopic (exact) mass is 417 g/mol. The molecule has 0 bridgehead atoms. The van der Waals surface area contributed by atoms with Crippen LogP contribution in [0.5, 0.6) is 0 Å². The topological polar surface area (TPSA) is 71.0 Å². The summed E-state index contributed by atoms with van der Waals surface area (Å²) in [5.41, 5.74) is 1.24. The van der Waals surface area contributed by atoms with Crippen molar-refractivity contribution in [2.24, 2.45) is 4.99 Å². The van der Waals surface area contributed by atoms with E-state index in [0.29, 0.717) is 15.8 Å². The van der Waals surface area contributed by atoms with Gasteiger partial charge in [-0.3, -0.25) is 4.79 Å². The lowest BCUT2D eigenvalue weighted by Gasteiger charge is -2.28. The molecular formula is C20H20ClN3O3S. The number of esters is 1. The summed E-state index contributed by atoms with van der Waals surface area (Å²) >= 11 is 7.29. The SMILES string of the molecule is CCOC(=O)C1C(NC(=O)c2ccc(Cl)cc2)N=C(SC)N1c1ccccc1. The second kappa shape index (κ2) is 9.12. The van der Waals surface area contributed by atoms with Crippen LogP contribution in [0.15, 0.2) is 59.6 Å². The first-order chi connectivity index (χ1) is 13.5. The quantitative estimate of drug-likeness (QED) is 0.753. The molecule has 8 heteroatoms. The van der Waals surface area contributed by atoms with Crippen molar-refractivity contribution < 1.29 is 14.3 Å². The first kappa shape index (κ1) is 20.2. The molecule has 0 radical (unpaired) electrons. The molecule has 146 valence electrons. The molecule has 1 N–H and O–H groups in total. The summed E-state index contributed by atoms with van der Waals surface area (Å²) in [5, 5.41) is 4.01. The lowest BCUT2D eigenvalue weighted by Crippen LogP contribution is -2.52. The third kappa shape index (κ3) is 4.31. The van der Waals surface area contributed by atoms with Crippen molar-refractivity contribution >= 4 is 46.1 Å². The maximum Gasteiger partial charge on any atom is 0.333 e. The van der Waals surface area contributed by atoms with Crippen molar-refractivity contribution in [1.29, 1.82) is 0 Å². The summed E-state index contributed by atoms with van der Waals surface area (Å²) in [7, 11) is 0. The van der Waals surface area contributed by atoms with Gasteiger partial charge in [-0.05, 0) is 49.6 Å². The molecule has 1 heterocycles. The Hall–Kier alpha value is -2.51. The van der Waals surface area contributed by atoms with Gasteiger partial charge in [0.25, 0.3) is 5.91 Å². The van der Waals surface area contributed by atoms with E-state index in [1.54, 1.807) is 36.1 Å². The number of anilines is 1. The molecular weight excluding hydrogens is 398 g/mol. The van der Waals surface area contributed by atoms with Gasteiger partial charge in [-0.15, -0.1) is 0 Å². The van der Waals surface area contributed by atoms with E-state index in [9.17, 15) is 9.59 Å². The van der Waals surface area contributed by atoms with E-state index in [0.717, 1.165) is 5.69 Å². The number of hydrogen-bond donors (Lipinski definition) is 1. The van der Waals surface area contributed by atoms with Crippen molar-refractivity contribution in [2.75, 3.05) is 17.8 Å². The summed E-state index contributed by atoms with van der Waals surface area (Å²) in [6.45, 7) is 1.99. The Morgan fingerprint density at radius 2 is 1.86 bits per heavy atom. The predicted octanol–water partition coefficient (Wildman–Crippen LogP) is 3.57. The van der Waals surface area contributed by atoms with Gasteiger partial charge in [0.1, 0.15) is 0 Å². The Balaban J connectivity index is 1.91. The minimum absolute atomic E-state index is 0.240. The van der Waals surface area contributed by atoms with Crippen molar-refractivity contribution in [3.8, 4) is 0 Å². The van der Waals surface area contributed by atoms with Crippen molar-refractivity contribution in [2.45, 2.75) is 19.1 Å². The summed E-state index contributed by atoms with van der Waals surface area (Å²) in [6.07, 6.45) is 1.10. The first-order valence-corrected chi connectivity index (χ1v) is 10.3. The highest BCUT2D eigenvalue weighted by molar-refractivity contribution is 8.13. The van der Waals surface area contributed by atoms with Crippen LogP contribution in [0.2, 0.25) is 5.02 Å². The molecule has 2 atom stereocenters. The highest BCUT2D eigenvalue weighted by Gasteiger charge is 2.43. The molecule has 6 nitrogen and oxygen atoms in total. The Labute approximate surface area is 172 Å². The molecule has 28 heavy (non-hydrogen) atoms. The zero-order valence-electron chi connectivity index (χ0n) is 15.5. The summed E-state index contributed by atoms with van der Waals surface area (Å²) in [5.74, 6) is -0.782. The Kier molecular flexibility index (Phi) is 6.59. The molecule has 1 aliphatic heterocycles. The average molecular weight is 418 g/mol. The summed E-state index contributed by atoms with van der Waals surface area (Å²) in [6, 6.07) is 15.2. The van der Waals surface area contributed by atoms with E-state index in [-0.39, 0.29) is 12.5 Å². The van der Waals surface area contributed by atoms with Gasteiger partial charge in [-0.2, -0.15) is 0 Å². The number of benzene rings is 2. The van der Waals surface area contributed by atoms with E-state index in [1.807, 2.05) is 36.6 Å². The fraction of sp³-hybridized carbons (Fsp3) is 0.250. The van der Waals surface area contributed by atoms with Gasteiger partial charge < -0.3 is 15.0 Å². The fourth-order valence-electron chi connectivity index (χ4n) is 2.91. The van der Waals surface area contributed by atoms with Crippen LogP contribution in [0.1, 0.15) is 17.3 Å². The van der Waals surface area contributed by atoms with Crippen LogP contribution in [-0.4, -0.2) is 42.1 Å². The van der Waals surface area contributed by atoms with Crippen LogP contribution < -0.4 is 10.2 Å². The standard InChI is InChI=1S/C20H20ClN3O3S/c1-3-27-19(26)16-17(22-18(25)13-9-11-14(21)12-10-13)23-20(28-2)24(16)15-7-5-4-6-8-15/h4-12,16-17H,3H2,1-2H3,(H,22,25). The van der Waals surface area contributed by atoms with Crippen molar-refractivity contribution in [3.05, 3.63) is 65.2 Å². The molecule has 0 aromatic heterocycles. The largest absolute Gasteiger partial charge is 0.464 e. The van der Waals surface area contributed by atoms with Crippen LogP contribution in [0.4, 0.5) is 5.69 Å². The lowest BCUT2D eigenvalue weighted by atomic mass is 10.1.